The van der Waals surface area contributed by atoms with Gasteiger partial charge in [-0.2, -0.15) is 0 Å². The van der Waals surface area contributed by atoms with Crippen molar-refractivity contribution < 1.29 is 5.21 Å². The summed E-state index contributed by atoms with van der Waals surface area (Å²) < 4.78 is 3.68. The van der Waals surface area contributed by atoms with Gasteiger partial charge < -0.3 is 0 Å². The molecule has 0 saturated carbocycles. The number of aromatic nitrogens is 1. The molecule has 33 heavy (non-hydrogen) atoms. The minimum Gasteiger partial charge on any atom is -0.271 e. The highest BCUT2D eigenvalue weighted by molar-refractivity contribution is 7.25. The van der Waals surface area contributed by atoms with Crippen molar-refractivity contribution in [1.82, 2.24) is 9.63 Å². The Labute approximate surface area is 194 Å². The lowest BCUT2D eigenvalue weighted by atomic mass is 9.78. The summed E-state index contributed by atoms with van der Waals surface area (Å²) in [6.45, 7) is 7.56. The zero-order valence-electron chi connectivity index (χ0n) is 19.1. The Morgan fingerprint density at radius 1 is 0.727 bits per heavy atom. The van der Waals surface area contributed by atoms with E-state index in [9.17, 15) is 14.8 Å². The predicted octanol–water partition coefficient (Wildman–Crippen LogP) is 5.86. The lowest BCUT2D eigenvalue weighted by Crippen LogP contribution is -2.59. The summed E-state index contributed by atoms with van der Waals surface area (Å²) in [5, 5.41) is 19.1. The van der Waals surface area contributed by atoms with Crippen molar-refractivity contribution in [1.29, 1.82) is 0 Å². The second-order valence-electron chi connectivity index (χ2n) is 10.6. The Bertz CT molecular complexity index is 1640. The van der Waals surface area contributed by atoms with Crippen molar-refractivity contribution in [3.8, 4) is 0 Å². The molecule has 5 nitrogen and oxygen atoms in total. The number of fused-ring (bicyclic) bond motifs is 2. The quantitative estimate of drug-likeness (QED) is 0.234. The highest BCUT2D eigenvalue weighted by Crippen LogP contribution is 2.43. The number of nitrogens with zero attached hydrogens (tertiary/aromatic N) is 2. The zero-order chi connectivity index (χ0) is 23.3. The SMILES string of the molecule is CC1(C)CC(n2c(=O)c3ccc4sc5ccccc5c5ccc(c2=O)c3c45)CC(C)(C)N1[O]. The maximum absolute atomic E-state index is 13.8. The molecule has 2 aromatic heterocycles. The molecule has 1 aliphatic rings. The number of benzene rings is 3. The topological polar surface area (TPSA) is 62.2 Å². The van der Waals surface area contributed by atoms with Gasteiger partial charge in [-0.05, 0) is 75.6 Å². The highest BCUT2D eigenvalue weighted by Gasteiger charge is 2.47. The van der Waals surface area contributed by atoms with E-state index < -0.39 is 11.1 Å². The molecule has 167 valence electrons. The third-order valence-electron chi connectivity index (χ3n) is 7.35. The molecule has 0 unspecified atom stereocenters. The molecule has 1 saturated heterocycles. The first-order valence-corrected chi connectivity index (χ1v) is 12.1. The first kappa shape index (κ1) is 20.8. The first-order valence-electron chi connectivity index (χ1n) is 11.3. The van der Waals surface area contributed by atoms with E-state index in [1.807, 2.05) is 64.1 Å². The molecule has 1 radical (unpaired) electrons. The molecule has 3 heterocycles. The van der Waals surface area contributed by atoms with Gasteiger partial charge in [0.1, 0.15) is 0 Å². The minimum absolute atomic E-state index is 0.254. The van der Waals surface area contributed by atoms with Gasteiger partial charge >= 0.3 is 0 Å². The smallest absolute Gasteiger partial charge is 0.261 e. The van der Waals surface area contributed by atoms with Crippen LogP contribution in [0, 0.1) is 0 Å². The van der Waals surface area contributed by atoms with Crippen molar-refractivity contribution in [2.24, 2.45) is 0 Å². The molecule has 6 rings (SSSR count). The maximum Gasteiger partial charge on any atom is 0.261 e. The molecule has 0 aliphatic carbocycles. The van der Waals surface area contributed by atoms with E-state index in [-0.39, 0.29) is 17.2 Å². The summed E-state index contributed by atoms with van der Waals surface area (Å²) >= 11 is 1.68. The van der Waals surface area contributed by atoms with Crippen LogP contribution in [0.4, 0.5) is 0 Å². The molecule has 0 bridgehead atoms. The summed E-state index contributed by atoms with van der Waals surface area (Å²) in [6.07, 6.45) is 0.907. The summed E-state index contributed by atoms with van der Waals surface area (Å²) in [6, 6.07) is 15.7. The van der Waals surface area contributed by atoms with Crippen molar-refractivity contribution in [3.63, 3.8) is 0 Å². The predicted molar refractivity (Wildman–Crippen MR) is 135 cm³/mol. The van der Waals surface area contributed by atoms with Crippen LogP contribution < -0.4 is 11.1 Å². The molecule has 1 aliphatic heterocycles. The van der Waals surface area contributed by atoms with Gasteiger partial charge in [0.05, 0.1) is 0 Å². The number of piperidine rings is 1. The number of pyridine rings is 1. The van der Waals surface area contributed by atoms with Gasteiger partial charge in [0, 0.05) is 48.1 Å². The third kappa shape index (κ3) is 2.78. The van der Waals surface area contributed by atoms with Gasteiger partial charge in [-0.15, -0.1) is 21.6 Å². The van der Waals surface area contributed by atoms with Gasteiger partial charge in [0.2, 0.25) is 0 Å². The lowest BCUT2D eigenvalue weighted by molar-refractivity contribution is -0.292. The number of hydroxylamine groups is 2. The van der Waals surface area contributed by atoms with Crippen LogP contribution in [-0.2, 0) is 5.21 Å². The highest BCUT2D eigenvalue weighted by atomic mass is 32.1. The van der Waals surface area contributed by atoms with Crippen LogP contribution >= 0.6 is 11.3 Å². The largest absolute Gasteiger partial charge is 0.271 e. The summed E-state index contributed by atoms with van der Waals surface area (Å²) in [4.78, 5) is 27.6. The monoisotopic (exact) mass is 457 g/mol. The van der Waals surface area contributed by atoms with E-state index in [2.05, 4.69) is 12.1 Å². The van der Waals surface area contributed by atoms with Crippen molar-refractivity contribution in [2.45, 2.75) is 57.7 Å². The fourth-order valence-corrected chi connectivity index (χ4v) is 7.22. The number of hydrogen-bond acceptors (Lipinski definition) is 4. The molecule has 3 aromatic carbocycles. The van der Waals surface area contributed by atoms with Crippen molar-refractivity contribution in [2.75, 3.05) is 0 Å². The molecule has 6 heteroatoms. The van der Waals surface area contributed by atoms with E-state index in [0.717, 1.165) is 31.3 Å². The van der Waals surface area contributed by atoms with Crippen molar-refractivity contribution in [3.05, 3.63) is 69.2 Å². The number of hydrogen-bond donors (Lipinski definition) is 0. The molecule has 5 aromatic rings. The maximum atomic E-state index is 13.8. The lowest BCUT2D eigenvalue weighted by Gasteiger charge is -2.50. The molecule has 1 fully saturated rings. The minimum atomic E-state index is -0.669. The Balaban J connectivity index is 1.70. The first-order chi connectivity index (χ1) is 15.6. The molecular formula is C27H25N2O3S. The second-order valence-corrected chi connectivity index (χ2v) is 11.7. The van der Waals surface area contributed by atoms with Crippen LogP contribution in [0.1, 0.15) is 46.6 Å². The van der Waals surface area contributed by atoms with E-state index in [1.165, 1.54) is 9.27 Å². The van der Waals surface area contributed by atoms with Crippen LogP contribution in [0.5, 0.6) is 0 Å². The van der Waals surface area contributed by atoms with Crippen LogP contribution in [0.3, 0.4) is 0 Å². The fourth-order valence-electron chi connectivity index (χ4n) is 6.10. The molecule has 0 amide bonds. The zero-order valence-corrected chi connectivity index (χ0v) is 20.0. The summed E-state index contributed by atoms with van der Waals surface area (Å²) in [7, 11) is 0. The Hall–Kier alpha value is -2.80. The van der Waals surface area contributed by atoms with Gasteiger partial charge in [0.15, 0.2) is 0 Å². The second kappa shape index (κ2) is 6.63. The van der Waals surface area contributed by atoms with E-state index in [0.29, 0.717) is 23.6 Å². The Kier molecular flexibility index (Phi) is 4.17. The fraction of sp³-hybridized carbons (Fsp3) is 0.333. The number of rotatable bonds is 1. The molecule has 0 N–H and O–H groups in total. The third-order valence-corrected chi connectivity index (χ3v) is 8.49. The van der Waals surface area contributed by atoms with Crippen LogP contribution in [0.2, 0.25) is 0 Å². The van der Waals surface area contributed by atoms with Crippen molar-refractivity contribution >= 4 is 53.1 Å². The Morgan fingerprint density at radius 2 is 1.30 bits per heavy atom. The summed E-state index contributed by atoms with van der Waals surface area (Å²) in [5.41, 5.74) is -1.85. The van der Waals surface area contributed by atoms with Gasteiger partial charge in [0.25, 0.3) is 11.1 Å². The van der Waals surface area contributed by atoms with Crippen LogP contribution in [-0.4, -0.2) is 20.7 Å². The van der Waals surface area contributed by atoms with Gasteiger partial charge in [-0.1, -0.05) is 24.3 Å². The molecule has 0 atom stereocenters. The van der Waals surface area contributed by atoms with Gasteiger partial charge in [-0.25, -0.2) is 0 Å². The Morgan fingerprint density at radius 3 is 1.97 bits per heavy atom. The standard InChI is InChI=1S/C27H25N2O3S/c1-26(2)13-15(14-27(3,4)29(26)32)28-24(30)18-10-9-17-16-7-5-6-8-20(16)33-21-12-11-19(25(28)31)22(18)23(17)21/h5-12,15H,13-14H2,1-4H3. The van der Waals surface area contributed by atoms with E-state index in [4.69, 9.17) is 0 Å². The van der Waals surface area contributed by atoms with Gasteiger partial charge in [-0.3, -0.25) is 14.2 Å². The van der Waals surface area contributed by atoms with Crippen LogP contribution in [0.15, 0.2) is 58.1 Å². The molecular weight excluding hydrogens is 432 g/mol. The average Bonchev–Trinajstić information content (AvgIpc) is 2.77. The molecule has 0 spiro atoms. The normalized spacial score (nSPS) is 19.3. The van der Waals surface area contributed by atoms with E-state index in [1.54, 1.807) is 11.3 Å². The van der Waals surface area contributed by atoms with Crippen LogP contribution in [0.25, 0.3) is 41.7 Å². The average molecular weight is 458 g/mol. The van der Waals surface area contributed by atoms with E-state index >= 15 is 0 Å². The summed E-state index contributed by atoms with van der Waals surface area (Å²) in [5.74, 6) is 0.